The van der Waals surface area contributed by atoms with E-state index in [0.717, 1.165) is 11.4 Å². The highest BCUT2D eigenvalue weighted by Crippen LogP contribution is 2.17. The van der Waals surface area contributed by atoms with Gasteiger partial charge < -0.3 is 10.6 Å². The Morgan fingerprint density at radius 3 is 2.50 bits per heavy atom. The first-order valence-corrected chi connectivity index (χ1v) is 10.2. The molecule has 0 aliphatic carbocycles. The molecule has 0 unspecified atom stereocenters. The molecule has 0 bridgehead atoms. The van der Waals surface area contributed by atoms with Crippen molar-refractivity contribution in [2.75, 3.05) is 23.7 Å². The van der Waals surface area contributed by atoms with E-state index < -0.39 is 10.0 Å². The summed E-state index contributed by atoms with van der Waals surface area (Å²) >= 11 is 0. The molecule has 0 amide bonds. The molecule has 2 heterocycles. The van der Waals surface area contributed by atoms with E-state index in [0.29, 0.717) is 18.3 Å². The maximum Gasteiger partial charge on any atom is 0.242 e. The van der Waals surface area contributed by atoms with Crippen molar-refractivity contribution >= 4 is 27.5 Å². The third kappa shape index (κ3) is 5.48. The van der Waals surface area contributed by atoms with Crippen LogP contribution in [-0.2, 0) is 10.0 Å². The summed E-state index contributed by atoms with van der Waals surface area (Å²) in [6.07, 6.45) is 2.83. The Morgan fingerprint density at radius 2 is 1.79 bits per heavy atom. The second-order valence-corrected chi connectivity index (χ2v) is 7.99. The minimum absolute atomic E-state index is 0.131. The average molecular weight is 398 g/mol. The van der Waals surface area contributed by atoms with Crippen LogP contribution in [0.2, 0.25) is 0 Å². The van der Waals surface area contributed by atoms with Crippen molar-refractivity contribution in [3.63, 3.8) is 0 Å². The molecule has 0 fully saturated rings. The zero-order valence-corrected chi connectivity index (χ0v) is 16.5. The van der Waals surface area contributed by atoms with Gasteiger partial charge in [-0.25, -0.2) is 18.1 Å². The third-order valence-electron chi connectivity index (χ3n) is 3.82. The Bertz CT molecular complexity index is 1020. The number of aromatic nitrogens is 3. The van der Waals surface area contributed by atoms with Gasteiger partial charge in [0.2, 0.25) is 16.0 Å². The summed E-state index contributed by atoms with van der Waals surface area (Å²) in [7, 11) is -3.58. The Morgan fingerprint density at radius 1 is 1.00 bits per heavy atom. The monoisotopic (exact) mass is 398 g/mol. The molecule has 1 aromatic carbocycles. The number of nitrogens with zero attached hydrogens (tertiary/aromatic N) is 3. The maximum absolute atomic E-state index is 12.2. The second kappa shape index (κ2) is 8.77. The van der Waals surface area contributed by atoms with Crippen LogP contribution in [-0.4, -0.2) is 36.5 Å². The highest BCUT2D eigenvalue weighted by Gasteiger charge is 2.12. The summed E-state index contributed by atoms with van der Waals surface area (Å²) in [6.45, 7) is 4.43. The van der Waals surface area contributed by atoms with Gasteiger partial charge in [-0.3, -0.25) is 4.98 Å². The number of hydrogen-bond donors (Lipinski definition) is 3. The third-order valence-corrected chi connectivity index (χ3v) is 5.27. The molecule has 0 radical (unpaired) electrons. The summed E-state index contributed by atoms with van der Waals surface area (Å²) in [4.78, 5) is 12.7. The number of hydrogen-bond acceptors (Lipinski definition) is 7. The molecule has 0 spiro atoms. The predicted octanol–water partition coefficient (Wildman–Crippen LogP) is 2.62. The van der Waals surface area contributed by atoms with Gasteiger partial charge in [0.25, 0.3) is 0 Å². The van der Waals surface area contributed by atoms with Crippen LogP contribution in [0.15, 0.2) is 59.8 Å². The van der Waals surface area contributed by atoms with Crippen molar-refractivity contribution in [1.82, 2.24) is 19.7 Å². The normalized spacial score (nSPS) is 11.2. The standard InChI is InChI=1S/C19H22N6O2S/c1-14-5-7-16(8-6-14)24-18-12-15(2)23-19(25-18)21-10-11-22-28(26,27)17-4-3-9-20-13-17/h3-9,12-13,22H,10-11H2,1-2H3,(H2,21,23,24,25). The van der Waals surface area contributed by atoms with Crippen LogP contribution in [0.5, 0.6) is 0 Å². The quantitative estimate of drug-likeness (QED) is 0.501. The fourth-order valence-corrected chi connectivity index (χ4v) is 3.44. The first-order valence-electron chi connectivity index (χ1n) is 8.75. The van der Waals surface area contributed by atoms with Gasteiger partial charge in [-0.15, -0.1) is 0 Å². The van der Waals surface area contributed by atoms with E-state index in [-0.39, 0.29) is 11.4 Å². The molecule has 0 saturated heterocycles. The minimum atomic E-state index is -3.58. The van der Waals surface area contributed by atoms with Crippen molar-refractivity contribution in [3.05, 3.63) is 66.1 Å². The van der Waals surface area contributed by atoms with E-state index in [1.165, 1.54) is 24.0 Å². The van der Waals surface area contributed by atoms with Gasteiger partial charge in [0.05, 0.1) is 0 Å². The zero-order chi connectivity index (χ0) is 20.0. The molecule has 0 atom stereocenters. The summed E-state index contributed by atoms with van der Waals surface area (Å²) < 4.78 is 26.8. The van der Waals surface area contributed by atoms with Gasteiger partial charge in [0, 0.05) is 42.9 Å². The average Bonchev–Trinajstić information content (AvgIpc) is 2.67. The summed E-state index contributed by atoms with van der Waals surface area (Å²) in [5.74, 6) is 1.09. The lowest BCUT2D eigenvalue weighted by Crippen LogP contribution is -2.29. The van der Waals surface area contributed by atoms with Crippen LogP contribution < -0.4 is 15.4 Å². The molecule has 2 aromatic heterocycles. The predicted molar refractivity (Wildman–Crippen MR) is 109 cm³/mol. The van der Waals surface area contributed by atoms with Crippen molar-refractivity contribution in [3.8, 4) is 0 Å². The van der Waals surface area contributed by atoms with E-state index in [4.69, 9.17) is 0 Å². The molecule has 8 nitrogen and oxygen atoms in total. The topological polar surface area (TPSA) is 109 Å². The van der Waals surface area contributed by atoms with Crippen molar-refractivity contribution in [2.45, 2.75) is 18.7 Å². The van der Waals surface area contributed by atoms with E-state index in [9.17, 15) is 8.42 Å². The largest absolute Gasteiger partial charge is 0.353 e. The fraction of sp³-hybridized carbons (Fsp3) is 0.211. The molecular weight excluding hydrogens is 376 g/mol. The molecule has 3 aromatic rings. The van der Waals surface area contributed by atoms with Crippen LogP contribution in [0.1, 0.15) is 11.3 Å². The summed E-state index contributed by atoms with van der Waals surface area (Å²) in [6, 6.07) is 12.9. The number of sulfonamides is 1. The molecule has 9 heteroatoms. The second-order valence-electron chi connectivity index (χ2n) is 6.22. The molecule has 0 aliphatic rings. The van der Waals surface area contributed by atoms with E-state index in [1.807, 2.05) is 44.2 Å². The number of aryl methyl sites for hydroxylation is 2. The minimum Gasteiger partial charge on any atom is -0.353 e. The first kappa shape index (κ1) is 19.7. The van der Waals surface area contributed by atoms with Crippen LogP contribution in [0, 0.1) is 13.8 Å². The smallest absolute Gasteiger partial charge is 0.242 e. The van der Waals surface area contributed by atoms with Crippen molar-refractivity contribution < 1.29 is 8.42 Å². The van der Waals surface area contributed by atoms with Gasteiger partial charge in [-0.05, 0) is 38.1 Å². The Hall–Kier alpha value is -3.04. The molecule has 146 valence electrons. The van der Waals surface area contributed by atoms with Gasteiger partial charge in [0.15, 0.2) is 0 Å². The van der Waals surface area contributed by atoms with Gasteiger partial charge >= 0.3 is 0 Å². The molecule has 3 N–H and O–H groups in total. The highest BCUT2D eigenvalue weighted by molar-refractivity contribution is 7.89. The number of benzene rings is 1. The molecule has 28 heavy (non-hydrogen) atoms. The van der Waals surface area contributed by atoms with Crippen LogP contribution in [0.3, 0.4) is 0 Å². The lowest BCUT2D eigenvalue weighted by atomic mass is 10.2. The van der Waals surface area contributed by atoms with Crippen LogP contribution in [0.25, 0.3) is 0 Å². The lowest BCUT2D eigenvalue weighted by Gasteiger charge is -2.11. The Kier molecular flexibility index (Phi) is 6.17. The molecule has 3 rings (SSSR count). The lowest BCUT2D eigenvalue weighted by molar-refractivity contribution is 0.582. The number of rotatable bonds is 8. The number of pyridine rings is 1. The van der Waals surface area contributed by atoms with Crippen molar-refractivity contribution in [1.29, 1.82) is 0 Å². The molecular formula is C19H22N6O2S. The molecule has 0 aliphatic heterocycles. The maximum atomic E-state index is 12.2. The van der Waals surface area contributed by atoms with E-state index >= 15 is 0 Å². The number of nitrogens with one attached hydrogen (secondary N) is 3. The highest BCUT2D eigenvalue weighted by atomic mass is 32.2. The van der Waals surface area contributed by atoms with E-state index in [1.54, 1.807) is 6.07 Å². The van der Waals surface area contributed by atoms with Gasteiger partial charge in [-0.1, -0.05) is 17.7 Å². The molecule has 0 saturated carbocycles. The van der Waals surface area contributed by atoms with Crippen LogP contribution >= 0.6 is 0 Å². The SMILES string of the molecule is Cc1ccc(Nc2cc(C)nc(NCCNS(=O)(=O)c3cccnc3)n2)cc1. The van der Waals surface area contributed by atoms with Gasteiger partial charge in [0.1, 0.15) is 10.7 Å². The Balaban J connectivity index is 1.57. The summed E-state index contributed by atoms with van der Waals surface area (Å²) in [5, 5.41) is 6.28. The number of anilines is 3. The van der Waals surface area contributed by atoms with Gasteiger partial charge in [-0.2, -0.15) is 4.98 Å². The Labute approximate surface area is 164 Å². The van der Waals surface area contributed by atoms with Crippen LogP contribution in [0.4, 0.5) is 17.5 Å². The van der Waals surface area contributed by atoms with E-state index in [2.05, 4.69) is 30.3 Å². The zero-order valence-electron chi connectivity index (χ0n) is 15.7. The first-order chi connectivity index (χ1) is 13.4. The van der Waals surface area contributed by atoms with Crippen molar-refractivity contribution in [2.24, 2.45) is 0 Å². The summed E-state index contributed by atoms with van der Waals surface area (Å²) in [5.41, 5.74) is 2.91. The fourth-order valence-electron chi connectivity index (χ4n) is 2.45.